The Balaban J connectivity index is 2.90. The van der Waals surface area contributed by atoms with Gasteiger partial charge in [-0.05, 0) is 28.5 Å². The van der Waals surface area contributed by atoms with Gasteiger partial charge in [-0.25, -0.2) is 0 Å². The summed E-state index contributed by atoms with van der Waals surface area (Å²) in [5.41, 5.74) is 1.03. The van der Waals surface area contributed by atoms with E-state index in [1.165, 1.54) is 0 Å². The second-order valence-electron chi connectivity index (χ2n) is 4.97. The highest BCUT2D eigenvalue weighted by molar-refractivity contribution is 6.31. The molecule has 2 rings (SSSR count). The molecule has 1 aromatic carbocycles. The second kappa shape index (κ2) is 3.63. The Labute approximate surface area is 99.3 Å². The Morgan fingerprint density at radius 3 is 2.50 bits per heavy atom. The molecule has 0 amide bonds. The third-order valence-electron chi connectivity index (χ3n) is 2.67. The van der Waals surface area contributed by atoms with Crippen LogP contribution in [0.1, 0.15) is 26.3 Å². The number of hydrogen-bond donors (Lipinski definition) is 1. The lowest BCUT2D eigenvalue weighted by atomic mass is 9.85. The van der Waals surface area contributed by atoms with Gasteiger partial charge in [0.05, 0.1) is 0 Å². The highest BCUT2D eigenvalue weighted by Gasteiger charge is 2.17. The first-order valence-electron chi connectivity index (χ1n) is 5.21. The van der Waals surface area contributed by atoms with Crippen molar-refractivity contribution >= 4 is 22.4 Å². The molecule has 3 heteroatoms. The van der Waals surface area contributed by atoms with Gasteiger partial charge in [0, 0.05) is 16.6 Å². The standard InChI is InChI=1S/C13H14ClNO/c1-13(2,3)11-7-15-12(16)10-6-8(14)4-5-9(10)11/h4-7H,1-3H3,(H,15,16). The minimum absolute atomic E-state index is 0.00369. The third kappa shape index (κ3) is 1.85. The summed E-state index contributed by atoms with van der Waals surface area (Å²) in [7, 11) is 0. The maximum atomic E-state index is 11.7. The first-order chi connectivity index (χ1) is 7.39. The number of rotatable bonds is 0. The van der Waals surface area contributed by atoms with Crippen molar-refractivity contribution in [2.45, 2.75) is 26.2 Å². The number of aromatic amines is 1. The van der Waals surface area contributed by atoms with Crippen LogP contribution < -0.4 is 5.56 Å². The lowest BCUT2D eigenvalue weighted by molar-refractivity contribution is 0.593. The fourth-order valence-electron chi connectivity index (χ4n) is 1.85. The molecule has 0 aliphatic carbocycles. The molecule has 1 heterocycles. The zero-order valence-corrected chi connectivity index (χ0v) is 10.4. The predicted molar refractivity (Wildman–Crippen MR) is 68.3 cm³/mol. The summed E-state index contributed by atoms with van der Waals surface area (Å²) in [5, 5.41) is 2.21. The van der Waals surface area contributed by atoms with E-state index < -0.39 is 0 Å². The van der Waals surface area contributed by atoms with E-state index in [9.17, 15) is 4.79 Å². The van der Waals surface area contributed by atoms with Crippen LogP contribution in [0.4, 0.5) is 0 Å². The molecule has 0 fully saturated rings. The molecular weight excluding hydrogens is 222 g/mol. The average molecular weight is 236 g/mol. The Kier molecular flexibility index (Phi) is 2.55. The van der Waals surface area contributed by atoms with Gasteiger partial charge in [-0.15, -0.1) is 0 Å². The van der Waals surface area contributed by atoms with E-state index in [0.29, 0.717) is 10.4 Å². The number of pyridine rings is 1. The van der Waals surface area contributed by atoms with Crippen LogP contribution in [0, 0.1) is 0 Å². The summed E-state index contributed by atoms with van der Waals surface area (Å²) in [6.45, 7) is 6.36. The monoisotopic (exact) mass is 235 g/mol. The highest BCUT2D eigenvalue weighted by Crippen LogP contribution is 2.28. The van der Waals surface area contributed by atoms with Crippen molar-refractivity contribution in [1.82, 2.24) is 4.98 Å². The van der Waals surface area contributed by atoms with Crippen LogP contribution in [0.15, 0.2) is 29.2 Å². The summed E-state index contributed by atoms with van der Waals surface area (Å²) in [6.07, 6.45) is 1.79. The van der Waals surface area contributed by atoms with Gasteiger partial charge in [-0.1, -0.05) is 38.4 Å². The molecular formula is C13H14ClNO. The van der Waals surface area contributed by atoms with Crippen molar-refractivity contribution in [3.05, 3.63) is 45.3 Å². The van der Waals surface area contributed by atoms with Crippen molar-refractivity contribution in [1.29, 1.82) is 0 Å². The van der Waals surface area contributed by atoms with E-state index in [1.807, 2.05) is 12.1 Å². The van der Waals surface area contributed by atoms with Crippen LogP contribution in [0.5, 0.6) is 0 Å². The molecule has 1 N–H and O–H groups in total. The fraction of sp³-hybridized carbons (Fsp3) is 0.308. The first-order valence-corrected chi connectivity index (χ1v) is 5.59. The molecule has 84 valence electrons. The van der Waals surface area contributed by atoms with E-state index in [0.717, 1.165) is 10.9 Å². The van der Waals surface area contributed by atoms with Crippen LogP contribution in [-0.4, -0.2) is 4.98 Å². The second-order valence-corrected chi connectivity index (χ2v) is 5.41. The number of H-pyrrole nitrogens is 1. The van der Waals surface area contributed by atoms with E-state index in [-0.39, 0.29) is 11.0 Å². The van der Waals surface area contributed by atoms with Gasteiger partial charge in [0.25, 0.3) is 5.56 Å². The summed E-state index contributed by atoms with van der Waals surface area (Å²) >= 11 is 5.90. The van der Waals surface area contributed by atoms with Crippen LogP contribution >= 0.6 is 11.6 Å². The van der Waals surface area contributed by atoms with Crippen molar-refractivity contribution < 1.29 is 0 Å². The van der Waals surface area contributed by atoms with E-state index in [4.69, 9.17) is 11.6 Å². The van der Waals surface area contributed by atoms with Crippen LogP contribution in [-0.2, 0) is 5.41 Å². The number of nitrogens with one attached hydrogen (secondary N) is 1. The van der Waals surface area contributed by atoms with E-state index in [2.05, 4.69) is 25.8 Å². The number of fused-ring (bicyclic) bond motifs is 1. The largest absolute Gasteiger partial charge is 0.328 e. The van der Waals surface area contributed by atoms with Crippen molar-refractivity contribution in [2.75, 3.05) is 0 Å². The Morgan fingerprint density at radius 2 is 1.88 bits per heavy atom. The van der Waals surface area contributed by atoms with Gasteiger partial charge in [-0.3, -0.25) is 4.79 Å². The van der Waals surface area contributed by atoms with E-state index >= 15 is 0 Å². The molecule has 0 saturated heterocycles. The third-order valence-corrected chi connectivity index (χ3v) is 2.91. The number of aromatic nitrogens is 1. The predicted octanol–water partition coefficient (Wildman–Crippen LogP) is 3.48. The normalized spacial score (nSPS) is 12.0. The molecule has 2 nitrogen and oxygen atoms in total. The molecule has 0 aliphatic rings. The highest BCUT2D eigenvalue weighted by atomic mass is 35.5. The Morgan fingerprint density at radius 1 is 1.19 bits per heavy atom. The van der Waals surface area contributed by atoms with Gasteiger partial charge >= 0.3 is 0 Å². The molecule has 1 aromatic heterocycles. The molecule has 0 aliphatic heterocycles. The summed E-state index contributed by atoms with van der Waals surface area (Å²) in [6, 6.07) is 5.44. The molecule has 0 spiro atoms. The number of benzene rings is 1. The lowest BCUT2D eigenvalue weighted by Gasteiger charge is -2.20. The van der Waals surface area contributed by atoms with E-state index in [1.54, 1.807) is 12.3 Å². The quantitative estimate of drug-likeness (QED) is 0.745. The molecule has 0 atom stereocenters. The minimum Gasteiger partial charge on any atom is -0.328 e. The van der Waals surface area contributed by atoms with Gasteiger partial charge in [0.2, 0.25) is 0 Å². The molecule has 16 heavy (non-hydrogen) atoms. The topological polar surface area (TPSA) is 32.9 Å². The minimum atomic E-state index is -0.0921. The average Bonchev–Trinajstić information content (AvgIpc) is 2.17. The molecule has 0 bridgehead atoms. The zero-order valence-electron chi connectivity index (χ0n) is 9.60. The van der Waals surface area contributed by atoms with Crippen molar-refractivity contribution in [3.8, 4) is 0 Å². The number of hydrogen-bond acceptors (Lipinski definition) is 1. The molecule has 2 aromatic rings. The molecule has 0 radical (unpaired) electrons. The smallest absolute Gasteiger partial charge is 0.255 e. The van der Waals surface area contributed by atoms with Gasteiger partial charge in [0.1, 0.15) is 0 Å². The molecule has 0 unspecified atom stereocenters. The molecule has 0 saturated carbocycles. The van der Waals surface area contributed by atoms with Crippen LogP contribution in [0.2, 0.25) is 5.02 Å². The van der Waals surface area contributed by atoms with Crippen LogP contribution in [0.25, 0.3) is 10.8 Å². The first kappa shape index (κ1) is 11.2. The Hall–Kier alpha value is -1.28. The fourth-order valence-corrected chi connectivity index (χ4v) is 2.03. The number of halogens is 1. The maximum Gasteiger partial charge on any atom is 0.255 e. The van der Waals surface area contributed by atoms with Crippen LogP contribution in [0.3, 0.4) is 0 Å². The van der Waals surface area contributed by atoms with Gasteiger partial charge in [0.15, 0.2) is 0 Å². The van der Waals surface area contributed by atoms with Gasteiger partial charge < -0.3 is 4.98 Å². The summed E-state index contributed by atoms with van der Waals surface area (Å²) < 4.78 is 0. The zero-order chi connectivity index (χ0) is 11.9. The summed E-state index contributed by atoms with van der Waals surface area (Å²) in [4.78, 5) is 14.5. The SMILES string of the molecule is CC(C)(C)c1c[nH]c(=O)c2cc(Cl)ccc12. The Bertz CT molecular complexity index is 593. The summed E-state index contributed by atoms with van der Waals surface area (Å²) in [5.74, 6) is 0. The van der Waals surface area contributed by atoms with Gasteiger partial charge in [-0.2, -0.15) is 0 Å². The lowest BCUT2D eigenvalue weighted by Crippen LogP contribution is -2.16. The maximum absolute atomic E-state index is 11.7. The van der Waals surface area contributed by atoms with Crippen molar-refractivity contribution in [3.63, 3.8) is 0 Å². The van der Waals surface area contributed by atoms with Crippen molar-refractivity contribution in [2.24, 2.45) is 0 Å².